The quantitative estimate of drug-likeness (QED) is 0.310. The summed E-state index contributed by atoms with van der Waals surface area (Å²) in [6, 6.07) is 24.3. The molecule has 1 aliphatic heterocycles. The summed E-state index contributed by atoms with van der Waals surface area (Å²) in [5.41, 5.74) is 4.37. The number of carbonyl (C=O) groups excluding carboxylic acids is 1. The van der Waals surface area contributed by atoms with Crippen LogP contribution in [0.25, 0.3) is 16.5 Å². The number of fused-ring (bicyclic) bond motifs is 1. The van der Waals surface area contributed by atoms with Gasteiger partial charge in [-0.05, 0) is 42.2 Å². The zero-order chi connectivity index (χ0) is 21.9. The molecule has 4 heteroatoms. The SMILES string of the molecule is O=C(c1ccccc1)C(CCN1C=C(c2cc(F)cc3ccoc23)CC1)c1ccccc1. The van der Waals surface area contributed by atoms with E-state index in [4.69, 9.17) is 4.42 Å². The zero-order valence-corrected chi connectivity index (χ0v) is 17.7. The predicted molar refractivity (Wildman–Crippen MR) is 125 cm³/mol. The van der Waals surface area contributed by atoms with Gasteiger partial charge in [-0.2, -0.15) is 0 Å². The fourth-order valence-corrected chi connectivity index (χ4v) is 4.51. The Labute approximate surface area is 186 Å². The second kappa shape index (κ2) is 8.83. The van der Waals surface area contributed by atoms with Gasteiger partial charge in [0, 0.05) is 41.7 Å². The molecular weight excluding hydrogens is 401 g/mol. The van der Waals surface area contributed by atoms with Gasteiger partial charge in [-0.1, -0.05) is 60.7 Å². The van der Waals surface area contributed by atoms with Crippen LogP contribution in [-0.4, -0.2) is 23.8 Å². The van der Waals surface area contributed by atoms with Crippen molar-refractivity contribution in [2.75, 3.05) is 13.1 Å². The summed E-state index contributed by atoms with van der Waals surface area (Å²) < 4.78 is 19.7. The van der Waals surface area contributed by atoms with Crippen molar-refractivity contribution in [3.05, 3.63) is 114 Å². The van der Waals surface area contributed by atoms with E-state index in [9.17, 15) is 9.18 Å². The lowest BCUT2D eigenvalue weighted by molar-refractivity contribution is 0.0951. The Morgan fingerprint density at radius 1 is 1.00 bits per heavy atom. The van der Waals surface area contributed by atoms with E-state index < -0.39 is 0 Å². The highest BCUT2D eigenvalue weighted by molar-refractivity contribution is 6.01. The third-order valence-electron chi connectivity index (χ3n) is 6.15. The molecule has 0 saturated heterocycles. The van der Waals surface area contributed by atoms with Gasteiger partial charge in [-0.15, -0.1) is 0 Å². The average Bonchev–Trinajstić information content (AvgIpc) is 3.49. The number of halogens is 1. The maximum atomic E-state index is 14.1. The summed E-state index contributed by atoms with van der Waals surface area (Å²) in [6.07, 6.45) is 5.22. The van der Waals surface area contributed by atoms with E-state index in [2.05, 4.69) is 11.1 Å². The molecule has 2 heterocycles. The Morgan fingerprint density at radius 2 is 1.75 bits per heavy atom. The highest BCUT2D eigenvalue weighted by atomic mass is 19.1. The molecule has 0 bridgehead atoms. The first-order chi connectivity index (χ1) is 15.7. The van der Waals surface area contributed by atoms with E-state index in [0.29, 0.717) is 6.42 Å². The maximum absolute atomic E-state index is 14.1. The van der Waals surface area contributed by atoms with Crippen LogP contribution < -0.4 is 0 Å². The van der Waals surface area contributed by atoms with Gasteiger partial charge < -0.3 is 9.32 Å². The summed E-state index contributed by atoms with van der Waals surface area (Å²) in [6.45, 7) is 1.59. The lowest BCUT2D eigenvalue weighted by Gasteiger charge is -2.21. The van der Waals surface area contributed by atoms with E-state index in [1.807, 2.05) is 60.7 Å². The maximum Gasteiger partial charge on any atom is 0.170 e. The van der Waals surface area contributed by atoms with Gasteiger partial charge in [0.05, 0.1) is 6.26 Å². The average molecular weight is 426 g/mol. The number of hydrogen-bond acceptors (Lipinski definition) is 3. The summed E-state index contributed by atoms with van der Waals surface area (Å²) in [4.78, 5) is 15.5. The fourth-order valence-electron chi connectivity index (χ4n) is 4.51. The third kappa shape index (κ3) is 4.09. The number of nitrogens with zero attached hydrogens (tertiary/aromatic N) is 1. The molecule has 1 aromatic heterocycles. The van der Waals surface area contributed by atoms with Crippen molar-refractivity contribution in [3.63, 3.8) is 0 Å². The molecule has 0 radical (unpaired) electrons. The molecule has 32 heavy (non-hydrogen) atoms. The lowest BCUT2D eigenvalue weighted by Crippen LogP contribution is -2.22. The zero-order valence-electron chi connectivity index (χ0n) is 17.7. The van der Waals surface area contributed by atoms with Crippen molar-refractivity contribution in [1.29, 1.82) is 0 Å². The van der Waals surface area contributed by atoms with E-state index in [-0.39, 0.29) is 17.5 Å². The summed E-state index contributed by atoms with van der Waals surface area (Å²) in [5, 5.41) is 0.775. The van der Waals surface area contributed by atoms with Gasteiger partial charge in [0.2, 0.25) is 0 Å². The Bertz CT molecular complexity index is 1260. The second-order valence-corrected chi connectivity index (χ2v) is 8.21. The molecular formula is C28H24FNO2. The van der Waals surface area contributed by atoms with Crippen molar-refractivity contribution in [2.45, 2.75) is 18.8 Å². The van der Waals surface area contributed by atoms with Crippen LogP contribution in [0.5, 0.6) is 0 Å². The van der Waals surface area contributed by atoms with Crippen LogP contribution in [0, 0.1) is 5.82 Å². The van der Waals surface area contributed by atoms with Gasteiger partial charge in [0.25, 0.3) is 0 Å². The molecule has 4 aromatic rings. The number of benzene rings is 3. The van der Waals surface area contributed by atoms with Crippen LogP contribution >= 0.6 is 0 Å². The first-order valence-corrected chi connectivity index (χ1v) is 10.9. The van der Waals surface area contributed by atoms with E-state index in [1.54, 1.807) is 18.4 Å². The molecule has 160 valence electrons. The highest BCUT2D eigenvalue weighted by Gasteiger charge is 2.24. The predicted octanol–water partition coefficient (Wildman–Crippen LogP) is 6.68. The Hall–Kier alpha value is -3.66. The van der Waals surface area contributed by atoms with Crippen LogP contribution in [0.15, 0.2) is 95.7 Å². The normalized spacial score (nSPS) is 14.5. The fraction of sp³-hybridized carbons (Fsp3) is 0.179. The van der Waals surface area contributed by atoms with Gasteiger partial charge in [0.15, 0.2) is 5.78 Å². The van der Waals surface area contributed by atoms with Gasteiger partial charge >= 0.3 is 0 Å². The highest BCUT2D eigenvalue weighted by Crippen LogP contribution is 2.33. The minimum absolute atomic E-state index is 0.141. The summed E-state index contributed by atoms with van der Waals surface area (Å²) in [7, 11) is 0. The Morgan fingerprint density at radius 3 is 2.53 bits per heavy atom. The lowest BCUT2D eigenvalue weighted by atomic mass is 9.88. The van der Waals surface area contributed by atoms with Crippen LogP contribution in [0.3, 0.4) is 0 Å². The van der Waals surface area contributed by atoms with Crippen molar-refractivity contribution in [1.82, 2.24) is 4.90 Å². The number of ketones is 1. The van der Waals surface area contributed by atoms with Crippen molar-refractivity contribution >= 4 is 22.3 Å². The van der Waals surface area contributed by atoms with Gasteiger partial charge in [-0.3, -0.25) is 4.79 Å². The van der Waals surface area contributed by atoms with Crippen molar-refractivity contribution in [2.24, 2.45) is 0 Å². The van der Waals surface area contributed by atoms with Crippen LogP contribution in [-0.2, 0) is 0 Å². The van der Waals surface area contributed by atoms with Crippen molar-refractivity contribution in [3.8, 4) is 0 Å². The molecule has 0 saturated carbocycles. The minimum atomic E-state index is -0.258. The summed E-state index contributed by atoms with van der Waals surface area (Å²) >= 11 is 0. The Balaban J connectivity index is 1.36. The number of hydrogen-bond donors (Lipinski definition) is 0. The first kappa shape index (κ1) is 20.3. The molecule has 0 N–H and O–H groups in total. The molecule has 0 amide bonds. The Kier molecular flexibility index (Phi) is 5.59. The number of Topliss-reactive ketones (excluding diaryl/α,β-unsaturated/α-hetero) is 1. The topological polar surface area (TPSA) is 33.5 Å². The number of carbonyl (C=O) groups is 1. The van der Waals surface area contributed by atoms with Crippen molar-refractivity contribution < 1.29 is 13.6 Å². The number of rotatable bonds is 7. The molecule has 1 aliphatic rings. The smallest absolute Gasteiger partial charge is 0.170 e. The van der Waals surface area contributed by atoms with E-state index in [0.717, 1.165) is 52.7 Å². The molecule has 0 aliphatic carbocycles. The largest absolute Gasteiger partial charge is 0.464 e. The van der Waals surface area contributed by atoms with E-state index in [1.165, 1.54) is 6.07 Å². The van der Waals surface area contributed by atoms with Crippen LogP contribution in [0.1, 0.15) is 40.2 Å². The van der Waals surface area contributed by atoms with E-state index >= 15 is 0 Å². The first-order valence-electron chi connectivity index (χ1n) is 10.9. The molecule has 3 aromatic carbocycles. The minimum Gasteiger partial charge on any atom is -0.464 e. The van der Waals surface area contributed by atoms with Crippen LogP contribution in [0.2, 0.25) is 0 Å². The molecule has 3 nitrogen and oxygen atoms in total. The van der Waals surface area contributed by atoms with Gasteiger partial charge in [0.1, 0.15) is 11.4 Å². The van der Waals surface area contributed by atoms with Crippen LogP contribution in [0.4, 0.5) is 4.39 Å². The molecule has 0 fully saturated rings. The molecule has 1 unspecified atom stereocenters. The standard InChI is InChI=1S/C28H24FNO2/c29-24-17-22-13-16-32-28(22)26(18-24)23-11-14-30(19-23)15-12-25(20-7-3-1-4-8-20)27(31)21-9-5-2-6-10-21/h1-10,13,16-19,25H,11-12,14-15H2. The molecule has 5 rings (SSSR count). The second-order valence-electron chi connectivity index (χ2n) is 8.21. The monoisotopic (exact) mass is 425 g/mol. The number of furan rings is 1. The third-order valence-corrected chi connectivity index (χ3v) is 6.15. The van der Waals surface area contributed by atoms with Gasteiger partial charge in [-0.25, -0.2) is 4.39 Å². The summed E-state index contributed by atoms with van der Waals surface area (Å²) in [5.74, 6) is -0.324. The molecule has 0 spiro atoms. The molecule has 1 atom stereocenters.